The molecule has 0 saturated carbocycles. The lowest BCUT2D eigenvalue weighted by atomic mass is 9.94. The highest BCUT2D eigenvalue weighted by Gasteiger charge is 2.29. The number of hydrogen-bond donors (Lipinski definition) is 0. The third kappa shape index (κ3) is 5.81. The number of pyridine rings is 1. The molecule has 0 N–H and O–H groups in total. The summed E-state index contributed by atoms with van der Waals surface area (Å²) in [5, 5.41) is 0. The van der Waals surface area contributed by atoms with Crippen molar-refractivity contribution < 1.29 is 14.3 Å². The number of likely N-dealkylation sites (tertiary alicyclic amines) is 1. The molecular weight excluding hydrogens is 378 g/mol. The Bertz CT molecular complexity index is 833. The predicted octanol–water partition coefficient (Wildman–Crippen LogP) is 3.77. The Labute approximate surface area is 178 Å². The molecular formula is C24H31N3O3. The predicted molar refractivity (Wildman–Crippen MR) is 116 cm³/mol. The van der Waals surface area contributed by atoms with E-state index in [0.29, 0.717) is 31.0 Å². The molecule has 1 aliphatic rings. The summed E-state index contributed by atoms with van der Waals surface area (Å²) >= 11 is 0. The van der Waals surface area contributed by atoms with Crippen LogP contribution < -0.4 is 4.74 Å². The Morgan fingerprint density at radius 3 is 2.70 bits per heavy atom. The molecule has 6 heteroatoms. The second-order valence-corrected chi connectivity index (χ2v) is 7.86. The van der Waals surface area contributed by atoms with E-state index in [1.54, 1.807) is 18.5 Å². The van der Waals surface area contributed by atoms with Crippen LogP contribution in [0.25, 0.3) is 0 Å². The molecule has 2 aromatic rings. The maximum Gasteiger partial charge on any atom is 0.253 e. The number of rotatable bonds is 8. The first-order valence-electron chi connectivity index (χ1n) is 10.7. The molecule has 30 heavy (non-hydrogen) atoms. The molecule has 0 atom stereocenters. The third-order valence-corrected chi connectivity index (χ3v) is 5.56. The van der Waals surface area contributed by atoms with Gasteiger partial charge in [0.2, 0.25) is 5.91 Å². The molecule has 1 saturated heterocycles. The van der Waals surface area contributed by atoms with Gasteiger partial charge < -0.3 is 14.5 Å². The van der Waals surface area contributed by atoms with E-state index in [0.717, 1.165) is 37.8 Å². The minimum Gasteiger partial charge on any atom is -0.489 e. The van der Waals surface area contributed by atoms with Gasteiger partial charge in [0, 0.05) is 56.1 Å². The van der Waals surface area contributed by atoms with Gasteiger partial charge in [-0.25, -0.2) is 0 Å². The molecule has 160 valence electrons. The van der Waals surface area contributed by atoms with Crippen molar-refractivity contribution in [3.05, 3.63) is 59.9 Å². The molecule has 2 amide bonds. The zero-order valence-electron chi connectivity index (χ0n) is 17.9. The van der Waals surface area contributed by atoms with Crippen molar-refractivity contribution in [2.24, 2.45) is 5.92 Å². The van der Waals surface area contributed by atoms with E-state index >= 15 is 0 Å². The maximum absolute atomic E-state index is 12.9. The van der Waals surface area contributed by atoms with Crippen molar-refractivity contribution in [1.82, 2.24) is 14.8 Å². The fourth-order valence-corrected chi connectivity index (χ4v) is 3.70. The molecule has 6 nitrogen and oxygen atoms in total. The van der Waals surface area contributed by atoms with Gasteiger partial charge >= 0.3 is 0 Å². The largest absolute Gasteiger partial charge is 0.489 e. The van der Waals surface area contributed by atoms with Gasteiger partial charge in [0.05, 0.1) is 0 Å². The van der Waals surface area contributed by atoms with E-state index in [2.05, 4.69) is 11.9 Å². The van der Waals surface area contributed by atoms with Crippen LogP contribution in [0.3, 0.4) is 0 Å². The SMILES string of the molecule is CCCCN(C)C(=O)C1CCN(C(=O)c2cccc(OCc3cccnc3)c2)CC1. The fraction of sp³-hybridized carbons (Fsp3) is 0.458. The van der Waals surface area contributed by atoms with Crippen molar-refractivity contribution in [3.8, 4) is 5.75 Å². The fourth-order valence-electron chi connectivity index (χ4n) is 3.70. The van der Waals surface area contributed by atoms with Gasteiger partial charge in [-0.2, -0.15) is 0 Å². The Morgan fingerprint density at radius 2 is 2.00 bits per heavy atom. The Morgan fingerprint density at radius 1 is 1.20 bits per heavy atom. The number of amides is 2. The minimum absolute atomic E-state index is 0.00735. The highest BCUT2D eigenvalue weighted by Crippen LogP contribution is 2.23. The van der Waals surface area contributed by atoms with Crippen LogP contribution in [0, 0.1) is 5.92 Å². The lowest BCUT2D eigenvalue weighted by molar-refractivity contribution is -0.135. The summed E-state index contributed by atoms with van der Waals surface area (Å²) in [7, 11) is 1.88. The quantitative estimate of drug-likeness (QED) is 0.666. The lowest BCUT2D eigenvalue weighted by Gasteiger charge is -2.33. The number of nitrogens with zero attached hydrogens (tertiary/aromatic N) is 3. The number of carbonyl (C=O) groups is 2. The molecule has 1 aromatic heterocycles. The second kappa shape index (κ2) is 10.8. The average molecular weight is 410 g/mol. The highest BCUT2D eigenvalue weighted by atomic mass is 16.5. The van der Waals surface area contributed by atoms with Crippen LogP contribution in [-0.4, -0.2) is 53.3 Å². The molecule has 0 spiro atoms. The van der Waals surface area contributed by atoms with Crippen LogP contribution in [0.5, 0.6) is 5.75 Å². The van der Waals surface area contributed by atoms with E-state index in [9.17, 15) is 9.59 Å². The van der Waals surface area contributed by atoms with Crippen LogP contribution >= 0.6 is 0 Å². The van der Waals surface area contributed by atoms with E-state index in [1.807, 2.05) is 47.2 Å². The summed E-state index contributed by atoms with van der Waals surface area (Å²) in [5.74, 6) is 0.880. The van der Waals surface area contributed by atoms with Crippen molar-refractivity contribution in [2.45, 2.75) is 39.2 Å². The van der Waals surface area contributed by atoms with Gasteiger partial charge in [0.15, 0.2) is 0 Å². The molecule has 0 aliphatic carbocycles. The summed E-state index contributed by atoms with van der Waals surface area (Å²) in [5.41, 5.74) is 1.59. The van der Waals surface area contributed by atoms with Crippen LogP contribution in [0.1, 0.15) is 48.5 Å². The summed E-state index contributed by atoms with van der Waals surface area (Å²) in [6.07, 6.45) is 7.04. The lowest BCUT2D eigenvalue weighted by Crippen LogP contribution is -2.43. The van der Waals surface area contributed by atoms with E-state index in [4.69, 9.17) is 4.74 Å². The monoisotopic (exact) mass is 409 g/mol. The van der Waals surface area contributed by atoms with Crippen molar-refractivity contribution in [1.29, 1.82) is 0 Å². The molecule has 2 heterocycles. The first-order chi connectivity index (χ1) is 14.6. The second-order valence-electron chi connectivity index (χ2n) is 7.86. The van der Waals surface area contributed by atoms with Crippen molar-refractivity contribution >= 4 is 11.8 Å². The van der Waals surface area contributed by atoms with Crippen molar-refractivity contribution in [3.63, 3.8) is 0 Å². The topological polar surface area (TPSA) is 62.7 Å². The van der Waals surface area contributed by atoms with E-state index < -0.39 is 0 Å². The first kappa shape index (κ1) is 21.8. The highest BCUT2D eigenvalue weighted by molar-refractivity contribution is 5.94. The van der Waals surface area contributed by atoms with Gasteiger partial charge in [-0.05, 0) is 43.5 Å². The number of benzene rings is 1. The zero-order chi connectivity index (χ0) is 21.3. The van der Waals surface area contributed by atoms with Crippen LogP contribution in [0.15, 0.2) is 48.8 Å². The average Bonchev–Trinajstić information content (AvgIpc) is 2.81. The number of ether oxygens (including phenoxy) is 1. The summed E-state index contributed by atoms with van der Waals surface area (Å²) < 4.78 is 5.82. The Hall–Kier alpha value is -2.89. The standard InChI is InChI=1S/C24H31N3O3/c1-3-4-13-26(2)23(28)20-10-14-27(15-11-20)24(29)21-8-5-9-22(16-21)30-18-19-7-6-12-25-17-19/h5-9,12,16-17,20H,3-4,10-11,13-15,18H2,1-2H3. The van der Waals surface area contributed by atoms with E-state index in [-0.39, 0.29) is 17.7 Å². The summed E-state index contributed by atoms with van der Waals surface area (Å²) in [4.78, 5) is 33.3. The molecule has 0 bridgehead atoms. The molecule has 3 rings (SSSR count). The third-order valence-electron chi connectivity index (χ3n) is 5.56. The number of piperidine rings is 1. The van der Waals surface area contributed by atoms with Gasteiger partial charge in [0.25, 0.3) is 5.91 Å². The van der Waals surface area contributed by atoms with Crippen LogP contribution in [0.2, 0.25) is 0 Å². The van der Waals surface area contributed by atoms with Crippen LogP contribution in [-0.2, 0) is 11.4 Å². The number of aromatic nitrogens is 1. The van der Waals surface area contributed by atoms with Gasteiger partial charge in [0.1, 0.15) is 12.4 Å². The zero-order valence-corrected chi connectivity index (χ0v) is 17.9. The molecule has 0 radical (unpaired) electrons. The normalized spacial score (nSPS) is 14.4. The van der Waals surface area contributed by atoms with Gasteiger partial charge in [-0.3, -0.25) is 14.6 Å². The van der Waals surface area contributed by atoms with Crippen molar-refractivity contribution in [2.75, 3.05) is 26.7 Å². The van der Waals surface area contributed by atoms with Crippen LogP contribution in [0.4, 0.5) is 0 Å². The number of carbonyl (C=O) groups excluding carboxylic acids is 2. The van der Waals surface area contributed by atoms with E-state index in [1.165, 1.54) is 0 Å². The molecule has 0 unspecified atom stereocenters. The minimum atomic E-state index is -0.00735. The maximum atomic E-state index is 12.9. The molecule has 1 aliphatic heterocycles. The summed E-state index contributed by atoms with van der Waals surface area (Å²) in [6.45, 7) is 4.56. The Kier molecular flexibility index (Phi) is 7.82. The number of unbranched alkanes of at least 4 members (excludes halogenated alkanes) is 1. The molecule has 1 fully saturated rings. The molecule has 1 aromatic carbocycles. The van der Waals surface area contributed by atoms with Gasteiger partial charge in [-0.15, -0.1) is 0 Å². The number of hydrogen-bond acceptors (Lipinski definition) is 4. The van der Waals surface area contributed by atoms with Gasteiger partial charge in [-0.1, -0.05) is 25.5 Å². The smallest absolute Gasteiger partial charge is 0.253 e. The first-order valence-corrected chi connectivity index (χ1v) is 10.7. The summed E-state index contributed by atoms with van der Waals surface area (Å²) in [6, 6.07) is 11.1. The Balaban J connectivity index is 1.53.